The van der Waals surface area contributed by atoms with Gasteiger partial charge >= 0.3 is 0 Å². The zero-order chi connectivity index (χ0) is 10.4. The highest BCUT2D eigenvalue weighted by molar-refractivity contribution is 5.77. The van der Waals surface area contributed by atoms with Crippen LogP contribution in [0.1, 0.15) is 19.3 Å². The second kappa shape index (κ2) is 5.58. The van der Waals surface area contributed by atoms with Gasteiger partial charge in [0, 0.05) is 12.6 Å². The van der Waals surface area contributed by atoms with Crippen molar-refractivity contribution < 1.29 is 9.53 Å². The van der Waals surface area contributed by atoms with Crippen LogP contribution in [0.4, 0.5) is 0 Å². The van der Waals surface area contributed by atoms with Gasteiger partial charge in [-0.2, -0.15) is 5.26 Å². The van der Waals surface area contributed by atoms with Crippen LogP contribution >= 0.6 is 0 Å². The molecule has 1 rings (SSSR count). The Labute approximate surface area is 83.2 Å². The lowest BCUT2D eigenvalue weighted by Gasteiger charge is -2.31. The first kappa shape index (κ1) is 11.0. The summed E-state index contributed by atoms with van der Waals surface area (Å²) in [5.74, 6) is -0.166. The van der Waals surface area contributed by atoms with Crippen LogP contribution < -0.4 is 11.1 Å². The van der Waals surface area contributed by atoms with Gasteiger partial charge in [-0.25, -0.2) is 0 Å². The van der Waals surface area contributed by atoms with E-state index in [0.717, 1.165) is 12.8 Å². The molecule has 1 fully saturated rings. The normalized spacial score (nSPS) is 24.9. The summed E-state index contributed by atoms with van der Waals surface area (Å²) < 4.78 is 5.27. The average molecular weight is 197 g/mol. The van der Waals surface area contributed by atoms with Gasteiger partial charge in [-0.15, -0.1) is 0 Å². The number of nitrogens with zero attached hydrogens (tertiary/aromatic N) is 1. The number of hydrogen-bond acceptors (Lipinski definition) is 4. The van der Waals surface area contributed by atoms with Crippen molar-refractivity contribution in [1.29, 1.82) is 5.26 Å². The molecule has 1 aliphatic rings. The molecule has 0 heterocycles. The van der Waals surface area contributed by atoms with E-state index in [1.165, 1.54) is 0 Å². The van der Waals surface area contributed by atoms with Crippen molar-refractivity contribution in [2.24, 2.45) is 5.73 Å². The molecule has 0 radical (unpaired) electrons. The summed E-state index contributed by atoms with van der Waals surface area (Å²) >= 11 is 0. The molecule has 0 bridgehead atoms. The van der Waals surface area contributed by atoms with Gasteiger partial charge in [-0.3, -0.25) is 4.79 Å². The van der Waals surface area contributed by atoms with Crippen molar-refractivity contribution in [2.75, 3.05) is 13.2 Å². The van der Waals surface area contributed by atoms with Crippen LogP contribution in [0, 0.1) is 11.3 Å². The molecule has 1 aliphatic carbocycles. The molecule has 0 saturated heterocycles. The standard InChI is InChI=1S/C9H15N3O2/c10-2-1-3-12-9(13)6-14-8-4-7(11)5-8/h7-8H,1,3-6,11H2,(H,12,13). The van der Waals surface area contributed by atoms with Crippen molar-refractivity contribution in [3.8, 4) is 6.07 Å². The van der Waals surface area contributed by atoms with Crippen LogP contribution in [-0.4, -0.2) is 31.2 Å². The lowest BCUT2D eigenvalue weighted by atomic mass is 9.90. The fraction of sp³-hybridized carbons (Fsp3) is 0.778. The Hall–Kier alpha value is -1.12. The fourth-order valence-corrected chi connectivity index (χ4v) is 1.24. The van der Waals surface area contributed by atoms with Gasteiger partial charge in [-0.05, 0) is 12.8 Å². The smallest absolute Gasteiger partial charge is 0.246 e. The number of amides is 1. The molecule has 5 nitrogen and oxygen atoms in total. The summed E-state index contributed by atoms with van der Waals surface area (Å²) in [5.41, 5.74) is 5.56. The summed E-state index contributed by atoms with van der Waals surface area (Å²) in [5, 5.41) is 10.8. The highest BCUT2D eigenvalue weighted by Crippen LogP contribution is 2.20. The lowest BCUT2D eigenvalue weighted by Crippen LogP contribution is -2.43. The molecule has 1 saturated carbocycles. The van der Waals surface area contributed by atoms with Gasteiger partial charge in [-0.1, -0.05) is 0 Å². The molecular formula is C9H15N3O2. The van der Waals surface area contributed by atoms with Gasteiger partial charge in [0.1, 0.15) is 6.61 Å². The first-order chi connectivity index (χ1) is 6.72. The number of hydrogen-bond donors (Lipinski definition) is 2. The predicted molar refractivity (Wildman–Crippen MR) is 50.2 cm³/mol. The van der Waals surface area contributed by atoms with Crippen molar-refractivity contribution in [1.82, 2.24) is 5.32 Å². The molecule has 0 aromatic carbocycles. The number of ether oxygens (including phenoxy) is 1. The SMILES string of the molecule is N#CCCNC(=O)COC1CC(N)C1. The third-order valence-electron chi connectivity index (χ3n) is 2.14. The number of nitrogens with two attached hydrogens (primary N) is 1. The summed E-state index contributed by atoms with van der Waals surface area (Å²) in [6.07, 6.45) is 2.16. The Morgan fingerprint density at radius 3 is 2.93 bits per heavy atom. The number of nitriles is 1. The quantitative estimate of drug-likeness (QED) is 0.583. The van der Waals surface area contributed by atoms with E-state index in [1.54, 1.807) is 0 Å². The number of rotatable bonds is 5. The van der Waals surface area contributed by atoms with Gasteiger partial charge in [0.15, 0.2) is 0 Å². The molecule has 14 heavy (non-hydrogen) atoms. The van der Waals surface area contributed by atoms with E-state index in [4.69, 9.17) is 15.7 Å². The zero-order valence-corrected chi connectivity index (χ0v) is 8.03. The molecule has 5 heteroatoms. The topological polar surface area (TPSA) is 88.1 Å². The molecule has 0 spiro atoms. The number of carbonyl (C=O) groups is 1. The maximum absolute atomic E-state index is 11.1. The number of nitrogens with one attached hydrogen (secondary N) is 1. The van der Waals surface area contributed by atoms with Crippen molar-refractivity contribution >= 4 is 5.91 Å². The Morgan fingerprint density at radius 2 is 2.36 bits per heavy atom. The van der Waals surface area contributed by atoms with Gasteiger partial charge in [0.2, 0.25) is 5.91 Å². The molecule has 0 atom stereocenters. The minimum Gasteiger partial charge on any atom is -0.368 e. The number of carbonyl (C=O) groups excluding carboxylic acids is 1. The molecule has 78 valence electrons. The highest BCUT2D eigenvalue weighted by Gasteiger charge is 2.26. The van der Waals surface area contributed by atoms with Crippen molar-refractivity contribution in [3.63, 3.8) is 0 Å². The third-order valence-corrected chi connectivity index (χ3v) is 2.14. The summed E-state index contributed by atoms with van der Waals surface area (Å²) in [4.78, 5) is 11.1. The second-order valence-corrected chi connectivity index (χ2v) is 3.42. The van der Waals surface area contributed by atoms with Gasteiger partial charge in [0.25, 0.3) is 0 Å². The molecule has 3 N–H and O–H groups in total. The van der Waals surface area contributed by atoms with Crippen LogP contribution in [0.15, 0.2) is 0 Å². The highest BCUT2D eigenvalue weighted by atomic mass is 16.5. The average Bonchev–Trinajstić information content (AvgIpc) is 2.11. The van der Waals surface area contributed by atoms with Crippen molar-refractivity contribution in [2.45, 2.75) is 31.4 Å². The van der Waals surface area contributed by atoms with E-state index < -0.39 is 0 Å². The fourth-order valence-electron chi connectivity index (χ4n) is 1.24. The maximum atomic E-state index is 11.1. The second-order valence-electron chi connectivity index (χ2n) is 3.42. The Kier molecular flexibility index (Phi) is 4.36. The van der Waals surface area contributed by atoms with E-state index in [0.29, 0.717) is 13.0 Å². The minimum atomic E-state index is -0.166. The minimum absolute atomic E-state index is 0.0722. The lowest BCUT2D eigenvalue weighted by molar-refractivity contribution is -0.129. The molecule has 0 aliphatic heterocycles. The van der Waals surface area contributed by atoms with Crippen molar-refractivity contribution in [3.05, 3.63) is 0 Å². The van der Waals surface area contributed by atoms with E-state index in [9.17, 15) is 4.79 Å². The molecule has 0 aromatic rings. The Bertz CT molecular complexity index is 231. The Morgan fingerprint density at radius 1 is 1.64 bits per heavy atom. The van der Waals surface area contributed by atoms with E-state index in [2.05, 4.69) is 5.32 Å². The monoisotopic (exact) mass is 197 g/mol. The van der Waals surface area contributed by atoms with Crippen LogP contribution in [0.2, 0.25) is 0 Å². The summed E-state index contributed by atoms with van der Waals surface area (Å²) in [7, 11) is 0. The first-order valence-corrected chi connectivity index (χ1v) is 4.73. The largest absolute Gasteiger partial charge is 0.368 e. The summed E-state index contributed by atoms with van der Waals surface area (Å²) in [6.45, 7) is 0.464. The Balaban J connectivity index is 1.96. The molecule has 1 amide bonds. The van der Waals surface area contributed by atoms with E-state index >= 15 is 0 Å². The zero-order valence-electron chi connectivity index (χ0n) is 8.03. The molecule has 0 unspecified atom stereocenters. The van der Waals surface area contributed by atoms with Gasteiger partial charge < -0.3 is 15.8 Å². The molecular weight excluding hydrogens is 182 g/mol. The predicted octanol–water partition coefficient (Wildman–Crippen LogP) is -0.477. The maximum Gasteiger partial charge on any atom is 0.246 e. The molecule has 0 aromatic heterocycles. The summed E-state index contributed by atoms with van der Waals surface area (Å²) in [6, 6.07) is 2.18. The van der Waals surface area contributed by atoms with E-state index in [1.807, 2.05) is 6.07 Å². The van der Waals surface area contributed by atoms with Crippen LogP contribution in [0.5, 0.6) is 0 Å². The van der Waals surface area contributed by atoms with Crippen LogP contribution in [0.25, 0.3) is 0 Å². The first-order valence-electron chi connectivity index (χ1n) is 4.73. The van der Waals surface area contributed by atoms with Crippen LogP contribution in [-0.2, 0) is 9.53 Å². The third kappa shape index (κ3) is 3.73. The van der Waals surface area contributed by atoms with E-state index in [-0.39, 0.29) is 24.7 Å². The van der Waals surface area contributed by atoms with Crippen LogP contribution in [0.3, 0.4) is 0 Å². The van der Waals surface area contributed by atoms with Gasteiger partial charge in [0.05, 0.1) is 18.6 Å².